The Balaban J connectivity index is 1.95. The molecule has 150 valence electrons. The van der Waals surface area contributed by atoms with Crippen LogP contribution in [0.2, 0.25) is 0 Å². The van der Waals surface area contributed by atoms with E-state index in [9.17, 15) is 19.1 Å². The molecule has 0 saturated heterocycles. The van der Waals surface area contributed by atoms with Gasteiger partial charge < -0.3 is 15.2 Å². The van der Waals surface area contributed by atoms with Crippen LogP contribution in [0.25, 0.3) is 16.7 Å². The van der Waals surface area contributed by atoms with E-state index >= 15 is 0 Å². The summed E-state index contributed by atoms with van der Waals surface area (Å²) in [5.41, 5.74) is -0.732. The fourth-order valence-corrected chi connectivity index (χ4v) is 3.20. The van der Waals surface area contributed by atoms with E-state index < -0.39 is 28.6 Å². The lowest BCUT2D eigenvalue weighted by atomic mass is 10.1. The molecule has 0 aliphatic heterocycles. The second kappa shape index (κ2) is 7.67. The second-order valence-corrected chi connectivity index (χ2v) is 6.37. The lowest BCUT2D eigenvalue weighted by Gasteiger charge is -2.15. The van der Waals surface area contributed by atoms with Gasteiger partial charge in [0.2, 0.25) is 0 Å². The highest BCUT2D eigenvalue weighted by Gasteiger charge is 2.24. The van der Waals surface area contributed by atoms with Gasteiger partial charge in [-0.15, -0.1) is 0 Å². The summed E-state index contributed by atoms with van der Waals surface area (Å²) in [5.74, 6) is -1.52. The zero-order chi connectivity index (χ0) is 21.3. The number of benzene rings is 2. The average molecular weight is 405 g/mol. The molecule has 2 aromatic heterocycles. The Morgan fingerprint density at radius 2 is 1.93 bits per heavy atom. The van der Waals surface area contributed by atoms with Crippen LogP contribution in [0.4, 0.5) is 10.1 Å². The third kappa shape index (κ3) is 3.24. The molecule has 0 fully saturated rings. The maximum atomic E-state index is 13.8. The standard InChI is InChI=1S/C22H16FN3O4/c1-30-17-10-3-2-9-16(17)25-21(28)18-19(27)15-8-5-11-24-20(15)26(22(18)29)14-7-4-6-13(23)12-14/h2-12,27H,1H3,(H,25,28). The van der Waals surface area contributed by atoms with E-state index in [-0.39, 0.29) is 16.7 Å². The zero-order valence-electron chi connectivity index (χ0n) is 15.8. The van der Waals surface area contributed by atoms with Gasteiger partial charge >= 0.3 is 0 Å². The number of ether oxygens (including phenoxy) is 1. The van der Waals surface area contributed by atoms with E-state index in [2.05, 4.69) is 10.3 Å². The van der Waals surface area contributed by atoms with Crippen LogP contribution in [-0.2, 0) is 0 Å². The number of amides is 1. The summed E-state index contributed by atoms with van der Waals surface area (Å²) in [5, 5.41) is 13.5. The minimum absolute atomic E-state index is 0.0967. The summed E-state index contributed by atoms with van der Waals surface area (Å²) >= 11 is 0. The number of hydrogen-bond donors (Lipinski definition) is 2. The van der Waals surface area contributed by atoms with Crippen molar-refractivity contribution < 1.29 is 19.0 Å². The first-order chi connectivity index (χ1) is 14.5. The van der Waals surface area contributed by atoms with Gasteiger partial charge in [-0.05, 0) is 42.5 Å². The van der Waals surface area contributed by atoms with Crippen molar-refractivity contribution in [1.29, 1.82) is 0 Å². The van der Waals surface area contributed by atoms with Crippen molar-refractivity contribution in [3.05, 3.63) is 88.6 Å². The monoisotopic (exact) mass is 405 g/mol. The normalized spacial score (nSPS) is 10.7. The molecule has 0 unspecified atom stereocenters. The van der Waals surface area contributed by atoms with Crippen molar-refractivity contribution >= 4 is 22.6 Å². The van der Waals surface area contributed by atoms with Crippen LogP contribution >= 0.6 is 0 Å². The Bertz CT molecular complexity index is 1330. The predicted octanol–water partition coefficient (Wildman–Crippen LogP) is 3.49. The summed E-state index contributed by atoms with van der Waals surface area (Å²) in [7, 11) is 1.45. The highest BCUT2D eigenvalue weighted by molar-refractivity contribution is 6.09. The molecule has 0 atom stereocenters. The highest BCUT2D eigenvalue weighted by atomic mass is 19.1. The maximum absolute atomic E-state index is 13.8. The number of para-hydroxylation sites is 2. The summed E-state index contributed by atoms with van der Waals surface area (Å²) in [6, 6.07) is 15.1. The van der Waals surface area contributed by atoms with Gasteiger partial charge in [-0.25, -0.2) is 9.37 Å². The number of anilines is 1. The summed E-state index contributed by atoms with van der Waals surface area (Å²) in [6.07, 6.45) is 1.44. The molecule has 4 rings (SSSR count). The number of methoxy groups -OCH3 is 1. The molecule has 8 heteroatoms. The fourth-order valence-electron chi connectivity index (χ4n) is 3.20. The molecular weight excluding hydrogens is 389 g/mol. The molecule has 2 N–H and O–H groups in total. The average Bonchev–Trinajstić information content (AvgIpc) is 2.74. The van der Waals surface area contributed by atoms with Crippen LogP contribution in [0.5, 0.6) is 11.5 Å². The molecule has 2 heterocycles. The van der Waals surface area contributed by atoms with Crippen LogP contribution in [0, 0.1) is 5.82 Å². The van der Waals surface area contributed by atoms with Crippen LogP contribution < -0.4 is 15.6 Å². The number of carbonyl (C=O) groups excluding carboxylic acids is 1. The van der Waals surface area contributed by atoms with E-state index in [1.165, 1.54) is 37.6 Å². The van der Waals surface area contributed by atoms with Gasteiger partial charge in [0.05, 0.1) is 23.9 Å². The molecule has 0 aliphatic rings. The number of rotatable bonds is 4. The minimum Gasteiger partial charge on any atom is -0.506 e. The van der Waals surface area contributed by atoms with Gasteiger partial charge in [-0.3, -0.25) is 14.2 Å². The van der Waals surface area contributed by atoms with Gasteiger partial charge in [0, 0.05) is 6.20 Å². The summed E-state index contributed by atoms with van der Waals surface area (Å²) in [6.45, 7) is 0. The number of aromatic hydroxyl groups is 1. The Hall–Kier alpha value is -4.20. The maximum Gasteiger partial charge on any atom is 0.273 e. The lowest BCUT2D eigenvalue weighted by molar-refractivity contribution is 0.102. The molecule has 0 bridgehead atoms. The van der Waals surface area contributed by atoms with E-state index in [4.69, 9.17) is 4.74 Å². The summed E-state index contributed by atoms with van der Waals surface area (Å²) < 4.78 is 20.1. The van der Waals surface area contributed by atoms with E-state index in [0.29, 0.717) is 11.4 Å². The van der Waals surface area contributed by atoms with Crippen molar-refractivity contribution in [3.8, 4) is 17.2 Å². The van der Waals surface area contributed by atoms with Gasteiger partial charge in [0.1, 0.15) is 22.9 Å². The molecule has 0 spiro atoms. The van der Waals surface area contributed by atoms with Crippen LogP contribution in [0.1, 0.15) is 10.4 Å². The van der Waals surface area contributed by atoms with Gasteiger partial charge in [0.15, 0.2) is 5.65 Å². The van der Waals surface area contributed by atoms with Crippen molar-refractivity contribution in [3.63, 3.8) is 0 Å². The molecule has 30 heavy (non-hydrogen) atoms. The quantitative estimate of drug-likeness (QED) is 0.542. The first kappa shape index (κ1) is 19.1. The van der Waals surface area contributed by atoms with Gasteiger partial charge in [-0.1, -0.05) is 18.2 Å². The molecule has 0 aliphatic carbocycles. The van der Waals surface area contributed by atoms with Gasteiger partial charge in [-0.2, -0.15) is 0 Å². The van der Waals surface area contributed by atoms with Crippen LogP contribution in [-0.4, -0.2) is 27.7 Å². The number of aromatic nitrogens is 2. The molecule has 1 amide bonds. The minimum atomic E-state index is -0.836. The Morgan fingerprint density at radius 1 is 1.13 bits per heavy atom. The first-order valence-electron chi connectivity index (χ1n) is 8.94. The van der Waals surface area contributed by atoms with Crippen LogP contribution in [0.15, 0.2) is 71.7 Å². The Morgan fingerprint density at radius 3 is 2.70 bits per heavy atom. The molecule has 0 radical (unpaired) electrons. The summed E-state index contributed by atoms with van der Waals surface area (Å²) in [4.78, 5) is 30.4. The number of nitrogens with zero attached hydrogens (tertiary/aromatic N) is 2. The smallest absolute Gasteiger partial charge is 0.273 e. The Labute approximate surface area is 170 Å². The first-order valence-corrected chi connectivity index (χ1v) is 8.94. The van der Waals surface area contributed by atoms with Crippen LogP contribution in [0.3, 0.4) is 0 Å². The number of fused-ring (bicyclic) bond motifs is 1. The molecule has 0 saturated carbocycles. The molecule has 2 aromatic carbocycles. The van der Waals surface area contributed by atoms with Crippen molar-refractivity contribution in [2.75, 3.05) is 12.4 Å². The van der Waals surface area contributed by atoms with E-state index in [0.717, 1.165) is 10.6 Å². The molecule has 7 nitrogen and oxygen atoms in total. The number of hydrogen-bond acceptors (Lipinski definition) is 5. The van der Waals surface area contributed by atoms with E-state index in [1.807, 2.05) is 0 Å². The Kier molecular flexibility index (Phi) is 4.89. The highest BCUT2D eigenvalue weighted by Crippen LogP contribution is 2.29. The van der Waals surface area contributed by atoms with Crippen molar-refractivity contribution in [2.24, 2.45) is 0 Å². The SMILES string of the molecule is COc1ccccc1NC(=O)c1c(O)c2cccnc2n(-c2cccc(F)c2)c1=O. The molecule has 4 aromatic rings. The number of halogens is 1. The number of nitrogens with one attached hydrogen (secondary N) is 1. The lowest BCUT2D eigenvalue weighted by Crippen LogP contribution is -2.29. The molecular formula is C22H16FN3O4. The predicted molar refractivity (Wildman–Crippen MR) is 110 cm³/mol. The topological polar surface area (TPSA) is 93.4 Å². The number of carbonyl (C=O) groups is 1. The van der Waals surface area contributed by atoms with Gasteiger partial charge in [0.25, 0.3) is 11.5 Å². The van der Waals surface area contributed by atoms with Crippen molar-refractivity contribution in [2.45, 2.75) is 0 Å². The fraction of sp³-hybridized carbons (Fsp3) is 0.0455. The number of pyridine rings is 2. The van der Waals surface area contributed by atoms with Crippen molar-refractivity contribution in [1.82, 2.24) is 9.55 Å². The van der Waals surface area contributed by atoms with E-state index in [1.54, 1.807) is 30.3 Å². The third-order valence-corrected chi connectivity index (χ3v) is 4.56. The zero-order valence-corrected chi connectivity index (χ0v) is 15.8. The largest absolute Gasteiger partial charge is 0.506 e. The second-order valence-electron chi connectivity index (χ2n) is 6.37. The third-order valence-electron chi connectivity index (χ3n) is 4.56.